The molecule has 0 saturated carbocycles. The van der Waals surface area contributed by atoms with Crippen LogP contribution in [0.25, 0.3) is 0 Å². The van der Waals surface area contributed by atoms with Crippen LogP contribution in [0.3, 0.4) is 0 Å². The molecule has 0 aliphatic carbocycles. The van der Waals surface area contributed by atoms with E-state index in [4.69, 9.17) is 15.6 Å². The second kappa shape index (κ2) is 14.4. The minimum Gasteiger partial charge on any atom is -0.481 e. The monoisotopic (exact) mass is 507 g/mol. The largest absolute Gasteiger partial charge is 0.481 e. The van der Waals surface area contributed by atoms with Crippen LogP contribution < -0.4 is 27.0 Å². The fourth-order valence-electron chi connectivity index (χ4n) is 2.85. The van der Waals surface area contributed by atoms with Gasteiger partial charge in [0.2, 0.25) is 23.6 Å². The second-order valence-electron chi connectivity index (χ2n) is 8.18. The number of amides is 4. The number of hydrogen-bond donors (Lipinski definition) is 6. The molecule has 1 aromatic rings. The van der Waals surface area contributed by atoms with E-state index in [0.29, 0.717) is 11.3 Å². The van der Waals surface area contributed by atoms with E-state index in [9.17, 15) is 28.8 Å². The molecule has 3 unspecified atom stereocenters. The van der Waals surface area contributed by atoms with Crippen LogP contribution >= 0.6 is 0 Å². The van der Waals surface area contributed by atoms with Gasteiger partial charge in [-0.05, 0) is 38.5 Å². The van der Waals surface area contributed by atoms with Crippen molar-refractivity contribution in [1.82, 2.24) is 16.0 Å². The Morgan fingerprint density at radius 2 is 1.39 bits per heavy atom. The van der Waals surface area contributed by atoms with Crippen molar-refractivity contribution in [3.05, 3.63) is 29.8 Å². The van der Waals surface area contributed by atoms with Gasteiger partial charge < -0.3 is 36.8 Å². The zero-order valence-electron chi connectivity index (χ0n) is 20.6. The van der Waals surface area contributed by atoms with Gasteiger partial charge in [0.15, 0.2) is 0 Å². The number of benzene rings is 1. The maximum Gasteiger partial charge on any atom is 0.328 e. The van der Waals surface area contributed by atoms with Gasteiger partial charge in [0.25, 0.3) is 0 Å². The summed E-state index contributed by atoms with van der Waals surface area (Å²) in [6.45, 7) is 4.33. The number of carboxylic acid groups (broad SMARTS) is 1. The Labute approximate surface area is 208 Å². The zero-order valence-corrected chi connectivity index (χ0v) is 20.6. The topological polar surface area (TPSA) is 206 Å². The standard InChI is InChI=1S/C23H33N5O8/c1-12(24)20(32)25-13(2)21(33)26-14(3)22(34)28-17(23(35)36-4)11-15-5-7-16(8-6-15)27-18(29)9-10-19(30)31/h5-8,12-14,17H,9-11,24H2,1-4H3,(H,25,32)(H,26,33)(H,27,29)(H,28,34)(H,30,31)/t12?,13?,14?,17-/m0/s1. The lowest BCUT2D eigenvalue weighted by Gasteiger charge is -2.22. The van der Waals surface area contributed by atoms with Gasteiger partial charge in [-0.2, -0.15) is 0 Å². The number of aliphatic carboxylic acids is 1. The number of carboxylic acids is 1. The van der Waals surface area contributed by atoms with E-state index < -0.39 is 59.7 Å². The van der Waals surface area contributed by atoms with Gasteiger partial charge in [0, 0.05) is 18.5 Å². The van der Waals surface area contributed by atoms with Gasteiger partial charge in [0.1, 0.15) is 18.1 Å². The first-order valence-electron chi connectivity index (χ1n) is 11.2. The van der Waals surface area contributed by atoms with E-state index in [1.54, 1.807) is 24.3 Å². The van der Waals surface area contributed by atoms with Crippen LogP contribution in [0.5, 0.6) is 0 Å². The summed E-state index contributed by atoms with van der Waals surface area (Å²) in [5.41, 5.74) is 6.53. The molecule has 0 fully saturated rings. The number of methoxy groups -OCH3 is 1. The van der Waals surface area contributed by atoms with Crippen LogP contribution in [0.1, 0.15) is 39.2 Å². The number of anilines is 1. The molecular formula is C23H33N5O8. The van der Waals surface area contributed by atoms with E-state index >= 15 is 0 Å². The van der Waals surface area contributed by atoms with Gasteiger partial charge in [-0.3, -0.25) is 24.0 Å². The fourth-order valence-corrected chi connectivity index (χ4v) is 2.85. The lowest BCUT2D eigenvalue weighted by molar-refractivity contribution is -0.145. The van der Waals surface area contributed by atoms with Crippen molar-refractivity contribution < 1.29 is 38.6 Å². The first kappa shape index (κ1) is 30.0. The SMILES string of the molecule is COC(=O)[C@H](Cc1ccc(NC(=O)CCC(=O)O)cc1)NC(=O)C(C)NC(=O)C(C)NC(=O)C(C)N. The number of hydrogen-bond acceptors (Lipinski definition) is 8. The van der Waals surface area contributed by atoms with Crippen molar-refractivity contribution in [2.75, 3.05) is 12.4 Å². The van der Waals surface area contributed by atoms with Gasteiger partial charge in [-0.25, -0.2) is 4.79 Å². The molecule has 4 amide bonds. The molecule has 0 aliphatic heterocycles. The number of carbonyl (C=O) groups is 6. The Balaban J connectivity index is 2.73. The molecule has 0 radical (unpaired) electrons. The molecule has 1 rings (SSSR count). The third kappa shape index (κ3) is 10.5. The molecule has 4 atom stereocenters. The van der Waals surface area contributed by atoms with Crippen molar-refractivity contribution in [2.45, 2.75) is 64.2 Å². The Kier molecular flexibility index (Phi) is 12.0. The summed E-state index contributed by atoms with van der Waals surface area (Å²) in [5, 5.41) is 18.6. The molecule has 0 bridgehead atoms. The zero-order chi connectivity index (χ0) is 27.4. The fraction of sp³-hybridized carbons (Fsp3) is 0.478. The first-order chi connectivity index (χ1) is 16.8. The molecule has 0 aromatic heterocycles. The average molecular weight is 508 g/mol. The summed E-state index contributed by atoms with van der Waals surface area (Å²) in [4.78, 5) is 71.1. The number of carbonyl (C=O) groups excluding carboxylic acids is 5. The first-order valence-corrected chi connectivity index (χ1v) is 11.2. The molecule has 1 aromatic carbocycles. The van der Waals surface area contributed by atoms with Gasteiger partial charge in [-0.15, -0.1) is 0 Å². The van der Waals surface area contributed by atoms with Crippen LogP contribution in [0.2, 0.25) is 0 Å². The predicted octanol–water partition coefficient (Wildman–Crippen LogP) is -0.953. The van der Waals surface area contributed by atoms with Crippen molar-refractivity contribution in [1.29, 1.82) is 0 Å². The summed E-state index contributed by atoms with van der Waals surface area (Å²) in [6.07, 6.45) is -0.392. The minimum absolute atomic E-state index is 0.0627. The van der Waals surface area contributed by atoms with Gasteiger partial charge in [-0.1, -0.05) is 12.1 Å². The summed E-state index contributed by atoms with van der Waals surface area (Å²) in [5.74, 6) is -4.01. The smallest absolute Gasteiger partial charge is 0.328 e. The van der Waals surface area contributed by atoms with E-state index in [1.165, 1.54) is 27.9 Å². The normalized spacial score (nSPS) is 13.8. The molecule has 36 heavy (non-hydrogen) atoms. The Morgan fingerprint density at radius 3 is 1.89 bits per heavy atom. The maximum atomic E-state index is 12.6. The van der Waals surface area contributed by atoms with E-state index in [2.05, 4.69) is 21.3 Å². The third-order valence-electron chi connectivity index (χ3n) is 4.96. The van der Waals surface area contributed by atoms with Crippen LogP contribution in [0.4, 0.5) is 5.69 Å². The number of esters is 1. The maximum absolute atomic E-state index is 12.6. The van der Waals surface area contributed by atoms with Gasteiger partial charge in [0.05, 0.1) is 19.6 Å². The summed E-state index contributed by atoms with van der Waals surface area (Å²) in [6, 6.07) is 2.58. The average Bonchev–Trinajstić information content (AvgIpc) is 2.82. The molecular weight excluding hydrogens is 474 g/mol. The molecule has 0 aliphatic rings. The van der Waals surface area contributed by atoms with E-state index in [-0.39, 0.29) is 19.3 Å². The minimum atomic E-state index is -1.08. The molecule has 0 heterocycles. The lowest BCUT2D eigenvalue weighted by Crippen LogP contribution is -2.55. The Hall–Kier alpha value is -4.00. The highest BCUT2D eigenvalue weighted by atomic mass is 16.5. The summed E-state index contributed by atoms with van der Waals surface area (Å²) < 4.78 is 4.77. The lowest BCUT2D eigenvalue weighted by atomic mass is 10.0. The molecule has 7 N–H and O–H groups in total. The number of nitrogens with two attached hydrogens (primary N) is 1. The number of rotatable bonds is 13. The second-order valence-corrected chi connectivity index (χ2v) is 8.18. The van der Waals surface area contributed by atoms with Crippen molar-refractivity contribution in [3.63, 3.8) is 0 Å². The Bertz CT molecular complexity index is 964. The predicted molar refractivity (Wildman–Crippen MR) is 128 cm³/mol. The van der Waals surface area contributed by atoms with E-state index in [1.807, 2.05) is 0 Å². The highest BCUT2D eigenvalue weighted by molar-refractivity contribution is 5.94. The quantitative estimate of drug-likeness (QED) is 0.182. The highest BCUT2D eigenvalue weighted by Gasteiger charge is 2.27. The third-order valence-corrected chi connectivity index (χ3v) is 4.96. The van der Waals surface area contributed by atoms with Crippen molar-refractivity contribution in [2.24, 2.45) is 5.73 Å². The molecule has 0 saturated heterocycles. The molecule has 0 spiro atoms. The summed E-state index contributed by atoms with van der Waals surface area (Å²) in [7, 11) is 1.17. The van der Waals surface area contributed by atoms with Crippen LogP contribution in [0.15, 0.2) is 24.3 Å². The van der Waals surface area contributed by atoms with Crippen LogP contribution in [0, 0.1) is 0 Å². The highest BCUT2D eigenvalue weighted by Crippen LogP contribution is 2.13. The Morgan fingerprint density at radius 1 is 0.861 bits per heavy atom. The molecule has 13 heteroatoms. The van der Waals surface area contributed by atoms with Gasteiger partial charge >= 0.3 is 11.9 Å². The van der Waals surface area contributed by atoms with E-state index in [0.717, 1.165) is 0 Å². The van der Waals surface area contributed by atoms with Crippen molar-refractivity contribution >= 4 is 41.3 Å². The van der Waals surface area contributed by atoms with Crippen LogP contribution in [-0.4, -0.2) is 72.0 Å². The van der Waals surface area contributed by atoms with Crippen LogP contribution in [-0.2, 0) is 39.9 Å². The number of nitrogens with one attached hydrogen (secondary N) is 4. The molecule has 13 nitrogen and oxygen atoms in total. The number of ether oxygens (including phenoxy) is 1. The molecule has 198 valence electrons. The summed E-state index contributed by atoms with van der Waals surface area (Å²) >= 11 is 0. The van der Waals surface area contributed by atoms with Crippen molar-refractivity contribution in [3.8, 4) is 0 Å².